The smallest absolute Gasteiger partial charge is 0.276 e. The van der Waals surface area contributed by atoms with Gasteiger partial charge in [-0.25, -0.2) is 4.98 Å². The highest BCUT2D eigenvalue weighted by molar-refractivity contribution is 7.15. The summed E-state index contributed by atoms with van der Waals surface area (Å²) in [4.78, 5) is 32.2. The molecule has 10 heteroatoms. The zero-order valence-corrected chi connectivity index (χ0v) is 16.2. The molecule has 2 aliphatic rings. The highest BCUT2D eigenvalue weighted by Crippen LogP contribution is 2.30. The summed E-state index contributed by atoms with van der Waals surface area (Å²) in [6.45, 7) is 1.56. The van der Waals surface area contributed by atoms with Crippen LogP contribution in [0.5, 0.6) is 0 Å². The summed E-state index contributed by atoms with van der Waals surface area (Å²) < 4.78 is 15.9. The van der Waals surface area contributed by atoms with Crippen LogP contribution >= 0.6 is 11.3 Å². The van der Waals surface area contributed by atoms with Gasteiger partial charge in [-0.2, -0.15) is 0 Å². The minimum atomic E-state index is -0.399. The average Bonchev–Trinajstić information content (AvgIpc) is 3.53. The molecule has 1 N–H and O–H groups in total. The molecule has 0 bridgehead atoms. The van der Waals surface area contributed by atoms with Crippen molar-refractivity contribution in [3.8, 4) is 11.5 Å². The van der Waals surface area contributed by atoms with Crippen LogP contribution < -0.4 is 5.32 Å². The van der Waals surface area contributed by atoms with Crippen LogP contribution in [0, 0.1) is 0 Å². The van der Waals surface area contributed by atoms with E-state index in [0.717, 1.165) is 23.4 Å². The number of carbonyl (C=O) groups is 2. The molecule has 5 heterocycles. The third-order valence-corrected chi connectivity index (χ3v) is 5.96. The number of hydrogen-bond donors (Lipinski definition) is 1. The quantitative estimate of drug-likeness (QED) is 0.699. The summed E-state index contributed by atoms with van der Waals surface area (Å²) >= 11 is 1.39. The Hall–Kier alpha value is -2.98. The summed E-state index contributed by atoms with van der Waals surface area (Å²) in [5.74, 6) is 0.560. The number of rotatable bonds is 4. The predicted octanol–water partition coefficient (Wildman–Crippen LogP) is 2.71. The van der Waals surface area contributed by atoms with Crippen molar-refractivity contribution in [2.24, 2.45) is 0 Å². The molecule has 0 unspecified atom stereocenters. The van der Waals surface area contributed by atoms with Crippen LogP contribution in [0.3, 0.4) is 0 Å². The van der Waals surface area contributed by atoms with Crippen LogP contribution in [-0.4, -0.2) is 46.1 Å². The van der Waals surface area contributed by atoms with Crippen molar-refractivity contribution < 1.29 is 23.3 Å². The second-order valence-electron chi connectivity index (χ2n) is 6.91. The lowest BCUT2D eigenvalue weighted by Gasteiger charge is -2.25. The third-order valence-electron chi connectivity index (χ3n) is 4.96. The Kier molecular flexibility index (Phi) is 4.64. The first-order valence-corrected chi connectivity index (χ1v) is 10.2. The standard InChI is InChI=1S/C19H18N4O5S/c24-17(14-4-2-8-27-14)21-19-20-11-5-6-23(10-16(11)29-19)18(25)12-9-15(28-22-12)13-3-1-7-26-13/h1,3,7,9,14H,2,4-6,8,10H2,(H,20,21,24)/t14-/m0/s1. The molecule has 9 nitrogen and oxygen atoms in total. The van der Waals surface area contributed by atoms with E-state index in [-0.39, 0.29) is 17.5 Å². The molecule has 1 saturated heterocycles. The van der Waals surface area contributed by atoms with Gasteiger partial charge in [0.05, 0.1) is 18.5 Å². The van der Waals surface area contributed by atoms with Crippen LogP contribution in [0.15, 0.2) is 33.4 Å². The van der Waals surface area contributed by atoms with E-state index in [1.165, 1.54) is 17.6 Å². The molecule has 5 rings (SSSR count). The van der Waals surface area contributed by atoms with E-state index in [0.29, 0.717) is 42.8 Å². The van der Waals surface area contributed by atoms with Crippen molar-refractivity contribution >= 4 is 28.3 Å². The van der Waals surface area contributed by atoms with Crippen molar-refractivity contribution in [1.82, 2.24) is 15.0 Å². The van der Waals surface area contributed by atoms with Crippen LogP contribution in [-0.2, 0) is 22.5 Å². The van der Waals surface area contributed by atoms with Crippen LogP contribution in [0.4, 0.5) is 5.13 Å². The van der Waals surface area contributed by atoms with E-state index >= 15 is 0 Å². The Morgan fingerprint density at radius 3 is 3.03 bits per heavy atom. The van der Waals surface area contributed by atoms with Crippen LogP contribution in [0.25, 0.3) is 11.5 Å². The first-order valence-electron chi connectivity index (χ1n) is 9.38. The number of nitrogens with zero attached hydrogens (tertiary/aromatic N) is 3. The predicted molar refractivity (Wildman–Crippen MR) is 102 cm³/mol. The van der Waals surface area contributed by atoms with Gasteiger partial charge in [0.15, 0.2) is 16.6 Å². The molecule has 3 aromatic heterocycles. The molecule has 150 valence electrons. The van der Waals surface area contributed by atoms with E-state index in [1.54, 1.807) is 23.1 Å². The van der Waals surface area contributed by atoms with Gasteiger partial charge >= 0.3 is 0 Å². The lowest BCUT2D eigenvalue weighted by molar-refractivity contribution is -0.124. The molecular weight excluding hydrogens is 396 g/mol. The van der Waals surface area contributed by atoms with E-state index in [2.05, 4.69) is 15.5 Å². The Labute approximate surface area is 169 Å². The molecule has 2 amide bonds. The number of aromatic nitrogens is 2. The summed E-state index contributed by atoms with van der Waals surface area (Å²) in [5.41, 5.74) is 1.15. The fraction of sp³-hybridized carbons (Fsp3) is 0.368. The monoisotopic (exact) mass is 414 g/mol. The van der Waals surface area contributed by atoms with Gasteiger partial charge in [0.1, 0.15) is 6.10 Å². The molecule has 0 saturated carbocycles. The zero-order valence-electron chi connectivity index (χ0n) is 15.4. The van der Waals surface area contributed by atoms with Crippen molar-refractivity contribution in [2.45, 2.75) is 31.9 Å². The molecule has 0 aromatic carbocycles. The minimum Gasteiger partial charge on any atom is -0.461 e. The molecule has 0 spiro atoms. The van der Waals surface area contributed by atoms with Gasteiger partial charge in [0.2, 0.25) is 5.76 Å². The van der Waals surface area contributed by atoms with Gasteiger partial charge in [0.25, 0.3) is 11.8 Å². The third kappa shape index (κ3) is 3.56. The number of furan rings is 1. The molecule has 0 aliphatic carbocycles. The maximum atomic E-state index is 12.8. The number of anilines is 1. The highest BCUT2D eigenvalue weighted by Gasteiger charge is 2.29. The average molecular weight is 414 g/mol. The second kappa shape index (κ2) is 7.45. The number of amides is 2. The summed E-state index contributed by atoms with van der Waals surface area (Å²) in [6.07, 6.45) is 3.38. The lowest BCUT2D eigenvalue weighted by atomic mass is 10.1. The largest absolute Gasteiger partial charge is 0.461 e. The van der Waals surface area contributed by atoms with Gasteiger partial charge < -0.3 is 18.6 Å². The summed E-state index contributed by atoms with van der Waals surface area (Å²) in [7, 11) is 0. The fourth-order valence-electron chi connectivity index (χ4n) is 3.47. The van der Waals surface area contributed by atoms with Crippen molar-refractivity contribution in [3.05, 3.63) is 40.7 Å². The Bertz CT molecular complexity index is 1040. The second-order valence-corrected chi connectivity index (χ2v) is 7.99. The lowest BCUT2D eigenvalue weighted by Crippen LogP contribution is -2.35. The molecule has 29 heavy (non-hydrogen) atoms. The van der Waals surface area contributed by atoms with Gasteiger partial charge in [-0.3, -0.25) is 14.9 Å². The maximum Gasteiger partial charge on any atom is 0.276 e. The summed E-state index contributed by atoms with van der Waals surface area (Å²) in [6, 6.07) is 5.06. The van der Waals surface area contributed by atoms with Crippen molar-refractivity contribution in [2.75, 3.05) is 18.5 Å². The molecular formula is C19H18N4O5S. The Morgan fingerprint density at radius 2 is 2.24 bits per heavy atom. The Morgan fingerprint density at radius 1 is 1.31 bits per heavy atom. The summed E-state index contributed by atoms with van der Waals surface area (Å²) in [5, 5.41) is 7.27. The van der Waals surface area contributed by atoms with Gasteiger partial charge in [-0.1, -0.05) is 16.5 Å². The minimum absolute atomic E-state index is 0.158. The zero-order chi connectivity index (χ0) is 19.8. The number of ether oxygens (including phenoxy) is 1. The van der Waals surface area contributed by atoms with Gasteiger partial charge in [-0.15, -0.1) is 0 Å². The SMILES string of the molecule is O=C(Nc1nc2c(s1)CN(C(=O)c1cc(-c3ccco3)on1)CC2)[C@@H]1CCCO1. The normalized spacial score (nSPS) is 18.6. The van der Waals surface area contributed by atoms with E-state index < -0.39 is 6.10 Å². The number of hydrogen-bond acceptors (Lipinski definition) is 8. The Balaban J connectivity index is 1.26. The van der Waals surface area contributed by atoms with Gasteiger partial charge in [0, 0.05) is 30.5 Å². The van der Waals surface area contributed by atoms with Crippen LogP contribution in [0.1, 0.15) is 33.9 Å². The van der Waals surface area contributed by atoms with E-state index in [1.807, 2.05) is 0 Å². The van der Waals surface area contributed by atoms with Crippen molar-refractivity contribution in [3.63, 3.8) is 0 Å². The molecule has 1 fully saturated rings. The number of thiazole rings is 1. The van der Waals surface area contributed by atoms with E-state index in [9.17, 15) is 9.59 Å². The van der Waals surface area contributed by atoms with E-state index in [4.69, 9.17) is 13.7 Å². The van der Waals surface area contributed by atoms with Gasteiger partial charge in [-0.05, 0) is 25.0 Å². The number of fused-ring (bicyclic) bond motifs is 1. The molecule has 1 atom stereocenters. The first kappa shape index (κ1) is 18.1. The van der Waals surface area contributed by atoms with Crippen molar-refractivity contribution in [1.29, 1.82) is 0 Å². The maximum absolute atomic E-state index is 12.8. The van der Waals surface area contributed by atoms with Crippen LogP contribution in [0.2, 0.25) is 0 Å². The molecule has 2 aliphatic heterocycles. The first-order chi connectivity index (χ1) is 14.2. The fourth-order valence-corrected chi connectivity index (χ4v) is 4.49. The highest BCUT2D eigenvalue weighted by atomic mass is 32.1. The topological polar surface area (TPSA) is 111 Å². The number of nitrogens with one attached hydrogen (secondary N) is 1. The number of carbonyl (C=O) groups excluding carboxylic acids is 2. The molecule has 3 aromatic rings. The molecule has 0 radical (unpaired) electrons.